The van der Waals surface area contributed by atoms with Crippen LogP contribution in [0.25, 0.3) is 0 Å². The number of alkyl halides is 1. The molecule has 2 aromatic rings. The lowest BCUT2D eigenvalue weighted by Crippen LogP contribution is -2.12. The number of hydrogen-bond donors (Lipinski definition) is 1. The first-order valence-corrected chi connectivity index (χ1v) is 6.25. The van der Waals surface area contributed by atoms with Crippen LogP contribution in [0.5, 0.6) is 0 Å². The van der Waals surface area contributed by atoms with E-state index in [0.717, 1.165) is 16.8 Å². The lowest BCUT2D eigenvalue weighted by atomic mass is 10.1. The molecule has 0 saturated heterocycles. The van der Waals surface area contributed by atoms with Gasteiger partial charge in [0.15, 0.2) is 0 Å². The van der Waals surface area contributed by atoms with Gasteiger partial charge in [-0.2, -0.15) is 0 Å². The fraction of sp³-hybridized carbons (Fsp3) is 0.133. The molecule has 0 unspecified atom stereocenters. The zero-order valence-corrected chi connectivity index (χ0v) is 10.9. The van der Waals surface area contributed by atoms with E-state index in [0.29, 0.717) is 11.4 Å². The van der Waals surface area contributed by atoms with Crippen LogP contribution in [0.1, 0.15) is 21.5 Å². The largest absolute Gasteiger partial charge is 0.322 e. The maximum Gasteiger partial charge on any atom is 0.255 e. The van der Waals surface area contributed by atoms with Crippen molar-refractivity contribution < 1.29 is 4.79 Å². The second-order valence-corrected chi connectivity index (χ2v) is 4.42. The smallest absolute Gasteiger partial charge is 0.255 e. The van der Waals surface area contributed by atoms with Crippen LogP contribution in [0, 0.1) is 6.92 Å². The molecule has 2 nitrogen and oxygen atoms in total. The summed E-state index contributed by atoms with van der Waals surface area (Å²) in [6.07, 6.45) is 0. The molecule has 0 atom stereocenters. The van der Waals surface area contributed by atoms with E-state index < -0.39 is 0 Å². The van der Waals surface area contributed by atoms with E-state index in [1.165, 1.54) is 0 Å². The van der Waals surface area contributed by atoms with Gasteiger partial charge in [-0.1, -0.05) is 24.3 Å². The van der Waals surface area contributed by atoms with E-state index in [2.05, 4.69) is 5.32 Å². The number of aryl methyl sites for hydroxylation is 1. The topological polar surface area (TPSA) is 29.1 Å². The summed E-state index contributed by atoms with van der Waals surface area (Å²) in [6, 6.07) is 15.0. The average Bonchev–Trinajstić information content (AvgIpc) is 2.39. The summed E-state index contributed by atoms with van der Waals surface area (Å²) >= 11 is 5.75. The summed E-state index contributed by atoms with van der Waals surface area (Å²) < 4.78 is 0. The predicted octanol–water partition coefficient (Wildman–Crippen LogP) is 3.99. The van der Waals surface area contributed by atoms with Gasteiger partial charge in [-0.05, 0) is 42.3 Å². The second-order valence-electron chi connectivity index (χ2n) is 4.16. The molecule has 0 fully saturated rings. The third kappa shape index (κ3) is 3.11. The number of benzene rings is 2. The van der Waals surface area contributed by atoms with Crippen LogP contribution in [-0.2, 0) is 5.88 Å². The van der Waals surface area contributed by atoms with E-state index >= 15 is 0 Å². The lowest BCUT2D eigenvalue weighted by Gasteiger charge is -2.06. The van der Waals surface area contributed by atoms with Gasteiger partial charge < -0.3 is 5.32 Å². The number of hydrogen-bond acceptors (Lipinski definition) is 1. The molecule has 18 heavy (non-hydrogen) atoms. The first-order chi connectivity index (χ1) is 8.69. The van der Waals surface area contributed by atoms with Crippen molar-refractivity contribution in [2.24, 2.45) is 0 Å². The van der Waals surface area contributed by atoms with Gasteiger partial charge in [0.05, 0.1) is 0 Å². The predicted molar refractivity (Wildman–Crippen MR) is 75.1 cm³/mol. The van der Waals surface area contributed by atoms with Crippen molar-refractivity contribution in [2.45, 2.75) is 12.8 Å². The molecule has 2 rings (SSSR count). The van der Waals surface area contributed by atoms with Gasteiger partial charge >= 0.3 is 0 Å². The zero-order chi connectivity index (χ0) is 13.0. The maximum atomic E-state index is 12.0. The van der Waals surface area contributed by atoms with Gasteiger partial charge in [-0.25, -0.2) is 0 Å². The number of amides is 1. The average molecular weight is 260 g/mol. The molecule has 0 aliphatic heterocycles. The van der Waals surface area contributed by atoms with Crippen molar-refractivity contribution in [3.63, 3.8) is 0 Å². The fourth-order valence-corrected chi connectivity index (χ4v) is 1.89. The van der Waals surface area contributed by atoms with E-state index in [1.807, 2.05) is 43.3 Å². The molecular weight excluding hydrogens is 246 g/mol. The van der Waals surface area contributed by atoms with Gasteiger partial charge in [-0.3, -0.25) is 4.79 Å². The van der Waals surface area contributed by atoms with Gasteiger partial charge in [0.1, 0.15) is 0 Å². The molecule has 1 N–H and O–H groups in total. The number of halogens is 1. The Morgan fingerprint density at radius 1 is 1.17 bits per heavy atom. The van der Waals surface area contributed by atoms with Gasteiger partial charge in [0.2, 0.25) is 0 Å². The highest BCUT2D eigenvalue weighted by Gasteiger charge is 2.06. The van der Waals surface area contributed by atoms with E-state index in [9.17, 15) is 4.79 Å². The Morgan fingerprint density at radius 2 is 1.94 bits per heavy atom. The second kappa shape index (κ2) is 5.69. The Morgan fingerprint density at radius 3 is 2.67 bits per heavy atom. The van der Waals surface area contributed by atoms with Crippen molar-refractivity contribution in [3.05, 3.63) is 65.2 Å². The summed E-state index contributed by atoms with van der Waals surface area (Å²) in [5.74, 6) is 0.290. The first-order valence-electron chi connectivity index (χ1n) is 5.72. The molecule has 0 heterocycles. The first kappa shape index (κ1) is 12.7. The summed E-state index contributed by atoms with van der Waals surface area (Å²) in [5, 5.41) is 2.87. The third-order valence-corrected chi connectivity index (χ3v) is 2.93. The number of rotatable bonds is 3. The number of anilines is 1. The quantitative estimate of drug-likeness (QED) is 0.830. The molecule has 0 radical (unpaired) electrons. The van der Waals surface area contributed by atoms with Crippen LogP contribution < -0.4 is 5.32 Å². The van der Waals surface area contributed by atoms with Crippen LogP contribution in [0.2, 0.25) is 0 Å². The van der Waals surface area contributed by atoms with Gasteiger partial charge in [0, 0.05) is 17.1 Å². The van der Waals surface area contributed by atoms with Crippen molar-refractivity contribution in [1.82, 2.24) is 0 Å². The van der Waals surface area contributed by atoms with Crippen molar-refractivity contribution in [1.29, 1.82) is 0 Å². The molecule has 0 bridgehead atoms. The summed E-state index contributed by atoms with van der Waals surface area (Å²) in [5.41, 5.74) is 3.47. The normalized spacial score (nSPS) is 10.1. The summed E-state index contributed by atoms with van der Waals surface area (Å²) in [4.78, 5) is 12.0. The highest BCUT2D eigenvalue weighted by molar-refractivity contribution is 6.17. The number of carbonyl (C=O) groups is 1. The van der Waals surface area contributed by atoms with Crippen LogP contribution >= 0.6 is 11.6 Å². The highest BCUT2D eigenvalue weighted by atomic mass is 35.5. The lowest BCUT2D eigenvalue weighted by molar-refractivity contribution is 0.102. The fourth-order valence-electron chi connectivity index (χ4n) is 1.72. The Bertz CT molecular complexity index is 566. The van der Waals surface area contributed by atoms with Crippen LogP contribution in [0.15, 0.2) is 48.5 Å². The van der Waals surface area contributed by atoms with Gasteiger partial charge in [-0.15, -0.1) is 11.6 Å². The van der Waals surface area contributed by atoms with Crippen molar-refractivity contribution >= 4 is 23.2 Å². The highest BCUT2D eigenvalue weighted by Crippen LogP contribution is 2.13. The maximum absolute atomic E-state index is 12.0. The summed E-state index contributed by atoms with van der Waals surface area (Å²) in [7, 11) is 0. The molecule has 0 aromatic heterocycles. The Balaban J connectivity index is 2.16. The molecule has 0 aliphatic carbocycles. The SMILES string of the molecule is Cc1cccc(NC(=O)c2cccc(CCl)c2)c1. The number of nitrogens with one attached hydrogen (secondary N) is 1. The Kier molecular flexibility index (Phi) is 4.00. The standard InChI is InChI=1S/C15H14ClNO/c1-11-4-2-7-14(8-11)17-15(18)13-6-3-5-12(9-13)10-16/h2-9H,10H2,1H3,(H,17,18). The molecule has 0 saturated carbocycles. The van der Waals surface area contributed by atoms with Crippen LogP contribution in [-0.4, -0.2) is 5.91 Å². The molecule has 92 valence electrons. The molecule has 0 spiro atoms. The monoisotopic (exact) mass is 259 g/mol. The molecule has 1 amide bonds. The van der Waals surface area contributed by atoms with Gasteiger partial charge in [0.25, 0.3) is 5.91 Å². The minimum absolute atomic E-state index is 0.118. The zero-order valence-electron chi connectivity index (χ0n) is 10.1. The van der Waals surface area contributed by atoms with E-state index in [4.69, 9.17) is 11.6 Å². The van der Waals surface area contributed by atoms with Crippen LogP contribution in [0.3, 0.4) is 0 Å². The van der Waals surface area contributed by atoms with Crippen molar-refractivity contribution in [2.75, 3.05) is 5.32 Å². The minimum atomic E-state index is -0.118. The van der Waals surface area contributed by atoms with Crippen molar-refractivity contribution in [3.8, 4) is 0 Å². The van der Waals surface area contributed by atoms with E-state index in [1.54, 1.807) is 12.1 Å². The Labute approximate surface area is 112 Å². The van der Waals surface area contributed by atoms with Crippen LogP contribution in [0.4, 0.5) is 5.69 Å². The minimum Gasteiger partial charge on any atom is -0.322 e. The molecular formula is C15H14ClNO. The molecule has 3 heteroatoms. The summed E-state index contributed by atoms with van der Waals surface area (Å²) in [6.45, 7) is 1.99. The molecule has 0 aliphatic rings. The van der Waals surface area contributed by atoms with E-state index in [-0.39, 0.29) is 5.91 Å². The third-order valence-electron chi connectivity index (χ3n) is 2.62. The number of carbonyl (C=O) groups excluding carboxylic acids is 1. The molecule has 2 aromatic carbocycles. The Hall–Kier alpha value is -1.80.